The molecule has 0 aliphatic carbocycles. The Morgan fingerprint density at radius 1 is 0.963 bits per heavy atom. The number of carbonyl (C=O) groups is 3. The maximum atomic E-state index is 12.9. The maximum absolute atomic E-state index is 12.9. The third-order valence-corrected chi connectivity index (χ3v) is 3.97. The summed E-state index contributed by atoms with van der Waals surface area (Å²) in [4.78, 5) is 36.5. The van der Waals surface area contributed by atoms with Crippen molar-refractivity contribution in [2.24, 2.45) is 17.1 Å². The van der Waals surface area contributed by atoms with E-state index in [1.165, 1.54) is 0 Å². The first kappa shape index (κ1) is 25.4. The highest BCUT2D eigenvalue weighted by Gasteiger charge is 2.33. The topological polar surface area (TPSA) is 113 Å². The zero-order valence-corrected chi connectivity index (χ0v) is 18.4. The Kier molecular flexibility index (Phi) is 10.00. The second-order valence-electron chi connectivity index (χ2n) is 9.69. The molecule has 0 fully saturated rings. The first-order valence-electron chi connectivity index (χ1n) is 9.79. The van der Waals surface area contributed by atoms with Crippen LogP contribution in [0.5, 0.6) is 0 Å². The molecule has 3 amide bonds. The molecule has 0 saturated carbocycles. The van der Waals surface area contributed by atoms with Crippen molar-refractivity contribution in [3.05, 3.63) is 0 Å². The van der Waals surface area contributed by atoms with Gasteiger partial charge in [0.15, 0.2) is 5.78 Å². The van der Waals surface area contributed by atoms with Gasteiger partial charge in [0, 0.05) is 17.5 Å². The minimum Gasteiger partial charge on any atom is -0.352 e. The molecule has 0 bridgehead atoms. The predicted octanol–water partition coefficient (Wildman–Crippen LogP) is 2.34. The van der Waals surface area contributed by atoms with E-state index in [2.05, 4.69) is 29.8 Å². The van der Waals surface area contributed by atoms with Crippen LogP contribution in [-0.4, -0.2) is 41.9 Å². The van der Waals surface area contributed by atoms with Gasteiger partial charge in [0.05, 0.1) is 12.1 Å². The Hall–Kier alpha value is -1.63. The number of Topliss-reactive ketones (excluding diaryl/α,β-unsaturated/α-hetero) is 1. The van der Waals surface area contributed by atoms with Gasteiger partial charge in [-0.3, -0.25) is 9.59 Å². The van der Waals surface area contributed by atoms with Gasteiger partial charge in [-0.25, -0.2) is 4.79 Å². The number of nitrogens with one attached hydrogen (secondary N) is 3. The molecule has 0 spiro atoms. The van der Waals surface area contributed by atoms with Gasteiger partial charge < -0.3 is 21.7 Å². The lowest BCUT2D eigenvalue weighted by atomic mass is 9.84. The molecule has 0 aromatic rings. The van der Waals surface area contributed by atoms with E-state index in [1.54, 1.807) is 0 Å². The number of urea groups is 1. The van der Waals surface area contributed by atoms with E-state index in [-0.39, 0.29) is 23.3 Å². The van der Waals surface area contributed by atoms with Gasteiger partial charge >= 0.3 is 6.03 Å². The zero-order chi connectivity index (χ0) is 21.4. The van der Waals surface area contributed by atoms with E-state index in [9.17, 15) is 14.4 Å². The Morgan fingerprint density at radius 3 is 1.93 bits per heavy atom. The van der Waals surface area contributed by atoms with Crippen LogP contribution < -0.4 is 21.7 Å². The van der Waals surface area contributed by atoms with Crippen molar-refractivity contribution in [2.45, 2.75) is 92.3 Å². The highest BCUT2D eigenvalue weighted by Crippen LogP contribution is 2.19. The molecule has 0 aromatic heterocycles. The molecule has 2 unspecified atom stereocenters. The molecule has 0 radical (unpaired) electrons. The largest absolute Gasteiger partial charge is 0.352 e. The maximum Gasteiger partial charge on any atom is 0.312 e. The normalized spacial score (nSPS) is 14.6. The molecule has 7 heteroatoms. The van der Waals surface area contributed by atoms with E-state index in [1.807, 2.05) is 41.5 Å². The van der Waals surface area contributed by atoms with E-state index < -0.39 is 17.5 Å². The Labute approximate surface area is 164 Å². The number of hydrogen-bond acceptors (Lipinski definition) is 4. The van der Waals surface area contributed by atoms with Crippen LogP contribution in [0, 0.1) is 11.3 Å². The fourth-order valence-electron chi connectivity index (χ4n) is 2.81. The second kappa shape index (κ2) is 10.6. The van der Waals surface area contributed by atoms with Crippen molar-refractivity contribution in [3.63, 3.8) is 0 Å². The zero-order valence-electron chi connectivity index (χ0n) is 18.4. The molecule has 158 valence electrons. The van der Waals surface area contributed by atoms with Gasteiger partial charge in [0.2, 0.25) is 5.91 Å². The van der Waals surface area contributed by atoms with Crippen LogP contribution in [-0.2, 0) is 9.59 Å². The Morgan fingerprint density at radius 2 is 1.52 bits per heavy atom. The molecule has 0 aliphatic heterocycles. The number of carbonyl (C=O) groups excluding carboxylic acids is 3. The van der Waals surface area contributed by atoms with Crippen LogP contribution in [0.1, 0.15) is 74.7 Å². The average molecular weight is 385 g/mol. The van der Waals surface area contributed by atoms with Gasteiger partial charge in [-0.05, 0) is 46.0 Å². The number of ketones is 1. The lowest BCUT2D eigenvalue weighted by molar-refractivity contribution is -0.133. The molecule has 0 aromatic carbocycles. The van der Waals surface area contributed by atoms with Crippen LogP contribution >= 0.6 is 0 Å². The molecule has 0 aliphatic rings. The van der Waals surface area contributed by atoms with Crippen LogP contribution in [0.25, 0.3) is 0 Å². The van der Waals surface area contributed by atoms with Gasteiger partial charge in [-0.2, -0.15) is 0 Å². The first-order valence-corrected chi connectivity index (χ1v) is 9.79. The minimum atomic E-state index is -0.594. The SMILES string of the molecule is CC(C)CC(NC(C)(C)C)C(=O)NC(CCCNC(N)=O)C(=O)C(C)(C)C. The fourth-order valence-corrected chi connectivity index (χ4v) is 2.81. The second-order valence-corrected chi connectivity index (χ2v) is 9.69. The van der Waals surface area contributed by atoms with Gasteiger partial charge in [-0.1, -0.05) is 34.6 Å². The minimum absolute atomic E-state index is 0.0195. The summed E-state index contributed by atoms with van der Waals surface area (Å²) in [6, 6.07) is -1.56. The molecular formula is C20H40N4O3. The summed E-state index contributed by atoms with van der Waals surface area (Å²) in [5.74, 6) is 0.158. The van der Waals surface area contributed by atoms with Crippen molar-refractivity contribution in [1.82, 2.24) is 16.0 Å². The third-order valence-electron chi connectivity index (χ3n) is 3.97. The van der Waals surface area contributed by atoms with Crippen molar-refractivity contribution in [3.8, 4) is 0 Å². The lowest BCUT2D eigenvalue weighted by Crippen LogP contribution is -2.56. The van der Waals surface area contributed by atoms with Gasteiger partial charge in [0.1, 0.15) is 0 Å². The summed E-state index contributed by atoms with van der Waals surface area (Å²) in [6.45, 7) is 16.1. The molecule has 0 rings (SSSR count). The average Bonchev–Trinajstić information content (AvgIpc) is 2.45. The summed E-state index contributed by atoms with van der Waals surface area (Å²) in [7, 11) is 0. The van der Waals surface area contributed by atoms with Crippen molar-refractivity contribution in [1.29, 1.82) is 0 Å². The van der Waals surface area contributed by atoms with Crippen molar-refractivity contribution < 1.29 is 14.4 Å². The Balaban J connectivity index is 5.19. The van der Waals surface area contributed by atoms with Crippen LogP contribution in [0.2, 0.25) is 0 Å². The van der Waals surface area contributed by atoms with E-state index >= 15 is 0 Å². The summed E-state index contributed by atoms with van der Waals surface area (Å²) in [5, 5.41) is 8.81. The molecule has 2 atom stereocenters. The van der Waals surface area contributed by atoms with E-state index in [4.69, 9.17) is 5.73 Å². The predicted molar refractivity (Wildman–Crippen MR) is 109 cm³/mol. The lowest BCUT2D eigenvalue weighted by Gasteiger charge is -2.31. The van der Waals surface area contributed by atoms with Crippen LogP contribution in [0.3, 0.4) is 0 Å². The molecule has 5 N–H and O–H groups in total. The van der Waals surface area contributed by atoms with Gasteiger partial charge in [0.25, 0.3) is 0 Å². The summed E-state index contributed by atoms with van der Waals surface area (Å²) < 4.78 is 0. The molecule has 7 nitrogen and oxygen atoms in total. The number of primary amides is 1. The standard InChI is InChI=1S/C20H40N4O3/c1-13(2)12-15(24-20(6,7)8)17(26)23-14(16(25)19(3,4)5)10-9-11-22-18(21)27/h13-15,24H,9-12H2,1-8H3,(H,23,26)(H3,21,22,27). The number of nitrogens with two attached hydrogens (primary N) is 1. The summed E-state index contributed by atoms with van der Waals surface area (Å²) in [5.41, 5.74) is 4.28. The smallest absolute Gasteiger partial charge is 0.312 e. The van der Waals surface area contributed by atoms with Crippen molar-refractivity contribution in [2.75, 3.05) is 6.54 Å². The summed E-state index contributed by atoms with van der Waals surface area (Å²) in [6.07, 6.45) is 1.69. The Bertz CT molecular complexity index is 504. The van der Waals surface area contributed by atoms with E-state index in [0.29, 0.717) is 31.7 Å². The first-order chi connectivity index (χ1) is 12.1. The number of rotatable bonds is 10. The summed E-state index contributed by atoms with van der Waals surface area (Å²) >= 11 is 0. The monoisotopic (exact) mass is 384 g/mol. The highest BCUT2D eigenvalue weighted by atomic mass is 16.2. The van der Waals surface area contributed by atoms with Crippen LogP contribution in [0.15, 0.2) is 0 Å². The fraction of sp³-hybridized carbons (Fsp3) is 0.850. The molecule has 0 heterocycles. The molecule has 0 saturated heterocycles. The van der Waals surface area contributed by atoms with Crippen molar-refractivity contribution >= 4 is 17.7 Å². The third kappa shape index (κ3) is 11.6. The molecular weight excluding hydrogens is 344 g/mol. The quantitative estimate of drug-likeness (QED) is 0.433. The number of amides is 3. The van der Waals surface area contributed by atoms with Crippen LogP contribution in [0.4, 0.5) is 4.79 Å². The van der Waals surface area contributed by atoms with E-state index in [0.717, 1.165) is 0 Å². The number of hydrogen-bond donors (Lipinski definition) is 4. The highest BCUT2D eigenvalue weighted by molar-refractivity contribution is 5.93. The van der Waals surface area contributed by atoms with Gasteiger partial charge in [-0.15, -0.1) is 0 Å². The molecule has 27 heavy (non-hydrogen) atoms.